The quantitative estimate of drug-likeness (QED) is 0.615. The highest BCUT2D eigenvalue weighted by Crippen LogP contribution is 2.26. The zero-order chi connectivity index (χ0) is 15.8. The lowest BCUT2D eigenvalue weighted by atomic mass is 10.1. The zero-order valence-electron chi connectivity index (χ0n) is 12.5. The molecule has 110 valence electrons. The molecular weight excluding hydrogens is 286 g/mol. The third-order valence-corrected chi connectivity index (χ3v) is 3.91. The number of nitrogens with one attached hydrogen (secondary N) is 1. The van der Waals surface area contributed by atoms with Crippen LogP contribution in [0.2, 0.25) is 0 Å². The first-order chi connectivity index (χ1) is 11.3. The van der Waals surface area contributed by atoms with Crippen LogP contribution < -0.4 is 0 Å². The molecule has 1 aromatic carbocycles. The second-order valence-electron chi connectivity index (χ2n) is 5.33. The number of aromatic amines is 1. The number of rotatable bonds is 2. The molecule has 0 spiro atoms. The fraction of sp³-hybridized carbons (Fsp3) is 0.0556. The van der Waals surface area contributed by atoms with Crippen LogP contribution in [0.1, 0.15) is 11.3 Å². The Morgan fingerprint density at radius 1 is 1.13 bits per heavy atom. The van der Waals surface area contributed by atoms with Gasteiger partial charge in [0.05, 0.1) is 23.0 Å². The molecule has 0 bridgehead atoms. The molecule has 0 aliphatic rings. The first kappa shape index (κ1) is 13.3. The van der Waals surface area contributed by atoms with Crippen molar-refractivity contribution in [3.63, 3.8) is 0 Å². The lowest BCUT2D eigenvalue weighted by Gasteiger charge is -2.02. The molecule has 4 aromatic rings. The fourth-order valence-corrected chi connectivity index (χ4v) is 2.74. The maximum Gasteiger partial charge on any atom is 0.139 e. The van der Waals surface area contributed by atoms with E-state index in [9.17, 15) is 0 Å². The summed E-state index contributed by atoms with van der Waals surface area (Å²) < 4.78 is 1.88. The molecule has 3 aromatic heterocycles. The van der Waals surface area contributed by atoms with Crippen LogP contribution in [0.15, 0.2) is 55.0 Å². The predicted molar refractivity (Wildman–Crippen MR) is 88.1 cm³/mol. The SMILES string of the molecule is Cc1nn(-c2ccnc3[nH]ccc23)cc1-c1ccc(C#N)cc1. The van der Waals surface area contributed by atoms with E-state index in [-0.39, 0.29) is 0 Å². The van der Waals surface area contributed by atoms with Crippen molar-refractivity contribution in [1.29, 1.82) is 5.26 Å². The summed E-state index contributed by atoms with van der Waals surface area (Å²) in [6.07, 6.45) is 5.66. The number of hydrogen-bond donors (Lipinski definition) is 1. The molecule has 5 heteroatoms. The number of nitrogens with zero attached hydrogens (tertiary/aromatic N) is 4. The van der Waals surface area contributed by atoms with Crippen molar-refractivity contribution in [2.75, 3.05) is 0 Å². The summed E-state index contributed by atoms with van der Waals surface area (Å²) in [4.78, 5) is 7.42. The van der Waals surface area contributed by atoms with Gasteiger partial charge in [0.15, 0.2) is 0 Å². The summed E-state index contributed by atoms with van der Waals surface area (Å²) in [6, 6.07) is 13.6. The lowest BCUT2D eigenvalue weighted by molar-refractivity contribution is 0.868. The number of pyridine rings is 1. The predicted octanol–water partition coefficient (Wildman–Crippen LogP) is 3.60. The van der Waals surface area contributed by atoms with Crippen molar-refractivity contribution in [2.45, 2.75) is 6.92 Å². The monoisotopic (exact) mass is 299 g/mol. The highest BCUT2D eigenvalue weighted by molar-refractivity contribution is 5.84. The van der Waals surface area contributed by atoms with Gasteiger partial charge in [0, 0.05) is 29.5 Å². The van der Waals surface area contributed by atoms with Crippen LogP contribution in [-0.4, -0.2) is 19.7 Å². The lowest BCUT2D eigenvalue weighted by Crippen LogP contribution is -1.96. The Labute approximate surface area is 132 Å². The number of nitriles is 1. The van der Waals surface area contributed by atoms with Gasteiger partial charge in [0.2, 0.25) is 0 Å². The van der Waals surface area contributed by atoms with E-state index in [0.29, 0.717) is 5.56 Å². The van der Waals surface area contributed by atoms with E-state index in [2.05, 4.69) is 21.1 Å². The van der Waals surface area contributed by atoms with Crippen molar-refractivity contribution < 1.29 is 0 Å². The Kier molecular flexibility index (Phi) is 2.95. The molecule has 5 nitrogen and oxygen atoms in total. The third kappa shape index (κ3) is 2.17. The van der Waals surface area contributed by atoms with Crippen LogP contribution in [0.4, 0.5) is 0 Å². The van der Waals surface area contributed by atoms with Gasteiger partial charge in [-0.1, -0.05) is 12.1 Å². The molecule has 0 amide bonds. The van der Waals surface area contributed by atoms with Gasteiger partial charge in [0.1, 0.15) is 5.65 Å². The van der Waals surface area contributed by atoms with Gasteiger partial charge in [-0.25, -0.2) is 9.67 Å². The van der Waals surface area contributed by atoms with E-state index in [1.165, 1.54) is 0 Å². The second kappa shape index (κ2) is 5.11. The molecule has 4 rings (SSSR count). The molecule has 0 aliphatic heterocycles. The van der Waals surface area contributed by atoms with Crippen LogP contribution in [-0.2, 0) is 0 Å². The van der Waals surface area contributed by atoms with E-state index in [4.69, 9.17) is 5.26 Å². The maximum atomic E-state index is 8.91. The minimum atomic E-state index is 0.655. The van der Waals surface area contributed by atoms with Crippen LogP contribution in [0.25, 0.3) is 27.8 Å². The molecule has 0 saturated heterocycles. The summed E-state index contributed by atoms with van der Waals surface area (Å²) in [5.74, 6) is 0. The van der Waals surface area contributed by atoms with Gasteiger partial charge < -0.3 is 4.98 Å². The normalized spacial score (nSPS) is 10.8. The molecule has 0 unspecified atom stereocenters. The standard InChI is InChI=1S/C18H13N5/c1-12-16(14-4-2-13(10-19)3-5-14)11-23(22-12)17-7-9-21-18-15(17)6-8-20-18/h2-9,11H,1H3,(H,20,21). The van der Waals surface area contributed by atoms with Gasteiger partial charge in [-0.3, -0.25) is 0 Å². The Bertz CT molecular complexity index is 1030. The van der Waals surface area contributed by atoms with Crippen LogP contribution in [0.3, 0.4) is 0 Å². The number of benzene rings is 1. The fourth-order valence-electron chi connectivity index (χ4n) is 2.74. The first-order valence-electron chi connectivity index (χ1n) is 7.25. The van der Waals surface area contributed by atoms with Crippen molar-refractivity contribution in [2.24, 2.45) is 0 Å². The summed E-state index contributed by atoms with van der Waals surface area (Å²) in [5, 5.41) is 14.6. The Hall–Kier alpha value is -3.39. The van der Waals surface area contributed by atoms with Gasteiger partial charge >= 0.3 is 0 Å². The van der Waals surface area contributed by atoms with E-state index in [1.807, 2.05) is 60.4 Å². The number of H-pyrrole nitrogens is 1. The highest BCUT2D eigenvalue weighted by Gasteiger charge is 2.11. The Balaban J connectivity index is 1.83. The molecule has 0 saturated carbocycles. The molecule has 0 fully saturated rings. The number of fused-ring (bicyclic) bond motifs is 1. The van der Waals surface area contributed by atoms with Gasteiger partial charge in [-0.2, -0.15) is 10.4 Å². The van der Waals surface area contributed by atoms with Crippen LogP contribution >= 0.6 is 0 Å². The summed E-state index contributed by atoms with van der Waals surface area (Å²) in [5.41, 5.74) is 5.52. The minimum Gasteiger partial charge on any atom is -0.346 e. The molecular formula is C18H13N5. The Morgan fingerprint density at radius 2 is 1.96 bits per heavy atom. The average molecular weight is 299 g/mol. The van der Waals surface area contributed by atoms with Crippen molar-refractivity contribution in [3.05, 3.63) is 66.2 Å². The van der Waals surface area contributed by atoms with Crippen LogP contribution in [0.5, 0.6) is 0 Å². The smallest absolute Gasteiger partial charge is 0.139 e. The molecule has 1 N–H and O–H groups in total. The second-order valence-corrected chi connectivity index (χ2v) is 5.33. The van der Waals surface area contributed by atoms with Crippen molar-refractivity contribution in [3.8, 4) is 22.9 Å². The molecule has 0 atom stereocenters. The third-order valence-electron chi connectivity index (χ3n) is 3.91. The van der Waals surface area contributed by atoms with E-state index >= 15 is 0 Å². The van der Waals surface area contributed by atoms with Crippen LogP contribution in [0, 0.1) is 18.3 Å². The number of aryl methyl sites for hydroxylation is 1. The number of aromatic nitrogens is 4. The summed E-state index contributed by atoms with van der Waals surface area (Å²) in [7, 11) is 0. The molecule has 23 heavy (non-hydrogen) atoms. The van der Waals surface area contributed by atoms with Crippen molar-refractivity contribution in [1.82, 2.24) is 19.7 Å². The minimum absolute atomic E-state index is 0.655. The van der Waals surface area contributed by atoms with Gasteiger partial charge in [-0.05, 0) is 36.8 Å². The largest absolute Gasteiger partial charge is 0.346 e. The average Bonchev–Trinajstić information content (AvgIpc) is 3.21. The highest BCUT2D eigenvalue weighted by atomic mass is 15.3. The van der Waals surface area contributed by atoms with E-state index in [1.54, 1.807) is 6.20 Å². The maximum absolute atomic E-state index is 8.91. The van der Waals surface area contributed by atoms with Gasteiger partial charge in [0.25, 0.3) is 0 Å². The number of hydrogen-bond acceptors (Lipinski definition) is 3. The Morgan fingerprint density at radius 3 is 2.74 bits per heavy atom. The van der Waals surface area contributed by atoms with Gasteiger partial charge in [-0.15, -0.1) is 0 Å². The zero-order valence-corrected chi connectivity index (χ0v) is 12.5. The summed E-state index contributed by atoms with van der Waals surface area (Å²) >= 11 is 0. The molecule has 0 aliphatic carbocycles. The summed E-state index contributed by atoms with van der Waals surface area (Å²) in [6.45, 7) is 1.99. The molecule has 3 heterocycles. The molecule has 0 radical (unpaired) electrons. The topological polar surface area (TPSA) is 70.3 Å². The van der Waals surface area contributed by atoms with E-state index < -0.39 is 0 Å². The van der Waals surface area contributed by atoms with Crippen molar-refractivity contribution >= 4 is 11.0 Å². The first-order valence-corrected chi connectivity index (χ1v) is 7.25. The van der Waals surface area contributed by atoms with E-state index in [0.717, 1.165) is 33.5 Å².